The van der Waals surface area contributed by atoms with Crippen LogP contribution in [0, 0.1) is 0 Å². The summed E-state index contributed by atoms with van der Waals surface area (Å²) < 4.78 is 16.3. The van der Waals surface area contributed by atoms with Crippen LogP contribution in [0.3, 0.4) is 0 Å². The van der Waals surface area contributed by atoms with Gasteiger partial charge in [-0.1, -0.05) is 0 Å². The number of aromatic hydroxyl groups is 3. The third-order valence-corrected chi connectivity index (χ3v) is 5.13. The molecular weight excluding hydrogens is 428 g/mol. The quantitative estimate of drug-likeness (QED) is 0.279. The zero-order valence-corrected chi connectivity index (χ0v) is 16.3. The molecule has 1 saturated heterocycles. The highest BCUT2D eigenvalue weighted by atomic mass is 16.7. The van der Waals surface area contributed by atoms with Crippen molar-refractivity contribution in [3.63, 3.8) is 0 Å². The first-order chi connectivity index (χ1) is 15.2. The lowest BCUT2D eigenvalue weighted by Crippen LogP contribution is -2.60. The van der Waals surface area contributed by atoms with Gasteiger partial charge in [-0.3, -0.25) is 4.79 Å². The molecule has 32 heavy (non-hydrogen) atoms. The zero-order chi connectivity index (χ0) is 23.2. The van der Waals surface area contributed by atoms with Crippen LogP contribution in [0.4, 0.5) is 0 Å². The van der Waals surface area contributed by atoms with Crippen LogP contribution in [-0.2, 0) is 4.74 Å². The van der Waals surface area contributed by atoms with Crippen molar-refractivity contribution < 1.29 is 49.6 Å². The summed E-state index contributed by atoms with van der Waals surface area (Å²) in [6.45, 7) is -0.654. The maximum absolute atomic E-state index is 12.4. The summed E-state index contributed by atoms with van der Waals surface area (Å²) in [6, 6.07) is 7.16. The Bertz CT molecular complexity index is 1200. The average molecular weight is 448 g/mol. The molecule has 1 aliphatic heterocycles. The van der Waals surface area contributed by atoms with Crippen LogP contribution < -0.4 is 10.2 Å². The van der Waals surface area contributed by atoms with E-state index < -0.39 is 48.5 Å². The molecule has 11 nitrogen and oxygen atoms in total. The standard InChI is InChI=1S/C21H20O11/c22-7-16-18(27)19(28)20(29)21(32-16)31-14-3-8(1-2-10(14)24)13-6-12(26)17-11(25)4-9(23)5-15(17)30-13/h1-6,16,18-25,27-29H,7H2/t16?,18-,19-,20?,21+/m0/s1. The van der Waals surface area contributed by atoms with Gasteiger partial charge in [-0.2, -0.15) is 0 Å². The second kappa shape index (κ2) is 8.30. The molecule has 1 aliphatic rings. The molecule has 1 aromatic heterocycles. The summed E-state index contributed by atoms with van der Waals surface area (Å²) in [5.74, 6) is -1.33. The van der Waals surface area contributed by atoms with Crippen LogP contribution in [0.25, 0.3) is 22.3 Å². The second-order valence-corrected chi connectivity index (χ2v) is 7.31. The number of rotatable bonds is 4. The second-order valence-electron chi connectivity index (χ2n) is 7.31. The molecule has 0 amide bonds. The lowest BCUT2D eigenvalue weighted by Gasteiger charge is -2.39. The topological polar surface area (TPSA) is 190 Å². The summed E-state index contributed by atoms with van der Waals surface area (Å²) >= 11 is 0. The lowest BCUT2D eigenvalue weighted by molar-refractivity contribution is -0.277. The highest BCUT2D eigenvalue weighted by Gasteiger charge is 2.45. The third-order valence-electron chi connectivity index (χ3n) is 5.13. The molecular formula is C21H20O11. The van der Waals surface area contributed by atoms with Crippen molar-refractivity contribution in [2.75, 3.05) is 6.61 Å². The molecule has 11 heteroatoms. The maximum Gasteiger partial charge on any atom is 0.229 e. The Kier molecular flexibility index (Phi) is 5.67. The van der Waals surface area contributed by atoms with Gasteiger partial charge in [-0.15, -0.1) is 0 Å². The number of ether oxygens (including phenoxy) is 2. The molecule has 0 saturated carbocycles. The summed E-state index contributed by atoms with van der Waals surface area (Å²) in [7, 11) is 0. The minimum atomic E-state index is -1.69. The van der Waals surface area contributed by atoms with Crippen LogP contribution in [0.5, 0.6) is 23.0 Å². The SMILES string of the molecule is O=c1cc(-c2ccc(O)c(O[C@@H]3OC(CO)[C@H](O)[C@H](O)C3O)c2)oc2cc(O)cc(O)c12. The fourth-order valence-electron chi connectivity index (χ4n) is 3.45. The van der Waals surface area contributed by atoms with E-state index in [0.29, 0.717) is 0 Å². The van der Waals surface area contributed by atoms with Gasteiger partial charge in [0.1, 0.15) is 52.6 Å². The van der Waals surface area contributed by atoms with Crippen LogP contribution in [-0.4, -0.2) is 73.1 Å². The normalized spacial score (nSPS) is 25.7. The first kappa shape index (κ1) is 21.9. The minimum Gasteiger partial charge on any atom is -0.508 e. The highest BCUT2D eigenvalue weighted by molar-refractivity contribution is 5.86. The van der Waals surface area contributed by atoms with Gasteiger partial charge in [0.15, 0.2) is 16.9 Å². The highest BCUT2D eigenvalue weighted by Crippen LogP contribution is 2.36. The molecule has 0 aliphatic carbocycles. The van der Waals surface area contributed by atoms with E-state index in [1.165, 1.54) is 18.2 Å². The Morgan fingerprint density at radius 1 is 0.906 bits per heavy atom. The van der Waals surface area contributed by atoms with Gasteiger partial charge in [0.05, 0.1) is 6.61 Å². The van der Waals surface area contributed by atoms with E-state index in [-0.39, 0.29) is 39.5 Å². The minimum absolute atomic E-state index is 0.0196. The van der Waals surface area contributed by atoms with Crippen molar-refractivity contribution in [2.45, 2.75) is 30.7 Å². The Hall–Kier alpha value is -3.35. The van der Waals surface area contributed by atoms with Crippen molar-refractivity contribution in [1.29, 1.82) is 0 Å². The monoisotopic (exact) mass is 448 g/mol. The number of phenolic OH excluding ortho intramolecular Hbond substituents is 3. The average Bonchev–Trinajstić information content (AvgIpc) is 2.74. The van der Waals surface area contributed by atoms with Crippen molar-refractivity contribution >= 4 is 11.0 Å². The van der Waals surface area contributed by atoms with Gasteiger partial charge >= 0.3 is 0 Å². The Morgan fingerprint density at radius 3 is 2.38 bits per heavy atom. The predicted octanol–water partition coefficient (Wildman–Crippen LogP) is -0.245. The fourth-order valence-corrected chi connectivity index (χ4v) is 3.45. The van der Waals surface area contributed by atoms with Gasteiger partial charge in [0.25, 0.3) is 0 Å². The van der Waals surface area contributed by atoms with E-state index in [4.69, 9.17) is 13.9 Å². The number of aliphatic hydroxyl groups excluding tert-OH is 4. The number of hydrogen-bond acceptors (Lipinski definition) is 11. The molecule has 0 radical (unpaired) electrons. The summed E-state index contributed by atoms with van der Waals surface area (Å²) in [4.78, 5) is 12.4. The Balaban J connectivity index is 1.70. The molecule has 7 N–H and O–H groups in total. The van der Waals surface area contributed by atoms with E-state index in [1.54, 1.807) is 0 Å². The van der Waals surface area contributed by atoms with Crippen molar-refractivity contribution in [2.24, 2.45) is 0 Å². The van der Waals surface area contributed by atoms with Gasteiger partial charge in [-0.05, 0) is 18.2 Å². The number of fused-ring (bicyclic) bond motifs is 1. The van der Waals surface area contributed by atoms with Gasteiger partial charge in [-0.25, -0.2) is 0 Å². The molecule has 2 unspecified atom stereocenters. The van der Waals surface area contributed by atoms with E-state index in [1.807, 2.05) is 0 Å². The Morgan fingerprint density at radius 2 is 1.66 bits per heavy atom. The lowest BCUT2D eigenvalue weighted by atomic mass is 9.99. The first-order valence-corrected chi connectivity index (χ1v) is 9.50. The largest absolute Gasteiger partial charge is 0.508 e. The van der Waals surface area contributed by atoms with E-state index in [2.05, 4.69) is 0 Å². The van der Waals surface area contributed by atoms with Crippen LogP contribution >= 0.6 is 0 Å². The van der Waals surface area contributed by atoms with Crippen LogP contribution in [0.1, 0.15) is 0 Å². The summed E-state index contributed by atoms with van der Waals surface area (Å²) in [6.07, 6.45) is -7.68. The molecule has 5 atom stereocenters. The van der Waals surface area contributed by atoms with Gasteiger partial charge in [0, 0.05) is 23.8 Å². The summed E-state index contributed by atoms with van der Waals surface area (Å²) in [5.41, 5.74) is -0.401. The van der Waals surface area contributed by atoms with E-state index >= 15 is 0 Å². The van der Waals surface area contributed by atoms with Crippen molar-refractivity contribution in [1.82, 2.24) is 0 Å². The van der Waals surface area contributed by atoms with Gasteiger partial charge < -0.3 is 49.6 Å². The maximum atomic E-state index is 12.4. The van der Waals surface area contributed by atoms with E-state index in [9.17, 15) is 40.5 Å². The van der Waals surface area contributed by atoms with E-state index in [0.717, 1.165) is 18.2 Å². The predicted molar refractivity (Wildman–Crippen MR) is 107 cm³/mol. The molecule has 0 spiro atoms. The fraction of sp³-hybridized carbons (Fsp3) is 0.286. The molecule has 1 fully saturated rings. The molecule has 4 rings (SSSR count). The molecule has 3 aromatic rings. The molecule has 2 aromatic carbocycles. The molecule has 0 bridgehead atoms. The first-order valence-electron chi connectivity index (χ1n) is 9.50. The van der Waals surface area contributed by atoms with Crippen molar-refractivity contribution in [3.8, 4) is 34.3 Å². The Labute approximate surface area is 179 Å². The number of hydrogen-bond donors (Lipinski definition) is 7. The van der Waals surface area contributed by atoms with Crippen LogP contribution in [0.15, 0.2) is 45.6 Å². The number of benzene rings is 2. The number of aliphatic hydroxyl groups is 4. The van der Waals surface area contributed by atoms with Gasteiger partial charge in [0.2, 0.25) is 6.29 Å². The summed E-state index contributed by atoms with van der Waals surface area (Å²) in [5, 5.41) is 68.8. The van der Waals surface area contributed by atoms with Crippen LogP contribution in [0.2, 0.25) is 0 Å². The zero-order valence-electron chi connectivity index (χ0n) is 16.3. The van der Waals surface area contributed by atoms with Crippen molar-refractivity contribution in [3.05, 3.63) is 46.6 Å². The smallest absolute Gasteiger partial charge is 0.229 e. The number of phenols is 3. The molecule has 170 valence electrons. The third kappa shape index (κ3) is 3.83. The molecule has 2 heterocycles.